The summed E-state index contributed by atoms with van der Waals surface area (Å²) in [5.41, 5.74) is 5.45. The van der Waals surface area contributed by atoms with E-state index in [0.29, 0.717) is 13.2 Å². The Morgan fingerprint density at radius 1 is 1.26 bits per heavy atom. The van der Waals surface area contributed by atoms with Gasteiger partial charge in [0.15, 0.2) is 0 Å². The summed E-state index contributed by atoms with van der Waals surface area (Å²) in [6, 6.07) is 0.504. The van der Waals surface area contributed by atoms with Crippen molar-refractivity contribution >= 4 is 6.09 Å². The number of nitrogens with zero attached hydrogens (tertiary/aromatic N) is 1. The highest BCUT2D eigenvalue weighted by atomic mass is 16.6. The van der Waals surface area contributed by atoms with E-state index in [0.717, 1.165) is 25.7 Å². The molecule has 1 aliphatic carbocycles. The lowest BCUT2D eigenvalue weighted by atomic mass is 9.91. The van der Waals surface area contributed by atoms with E-state index < -0.39 is 5.60 Å². The molecule has 1 fully saturated rings. The fourth-order valence-corrected chi connectivity index (χ4v) is 2.35. The van der Waals surface area contributed by atoms with Gasteiger partial charge in [-0.2, -0.15) is 0 Å². The average molecular weight is 272 g/mol. The summed E-state index contributed by atoms with van der Waals surface area (Å²) in [7, 11) is 1.64. The lowest BCUT2D eigenvalue weighted by Gasteiger charge is -2.36. The van der Waals surface area contributed by atoms with Crippen molar-refractivity contribution in [2.45, 2.75) is 64.1 Å². The molecule has 0 bridgehead atoms. The maximum absolute atomic E-state index is 12.3. The SMILES string of the molecule is COCCN(C(=O)OC(C)(C)C)C1CCC(N)CC1. The van der Waals surface area contributed by atoms with E-state index in [-0.39, 0.29) is 18.2 Å². The second kappa shape index (κ2) is 7.10. The molecule has 112 valence electrons. The van der Waals surface area contributed by atoms with E-state index in [1.54, 1.807) is 12.0 Å². The van der Waals surface area contributed by atoms with Crippen LogP contribution in [0.4, 0.5) is 4.79 Å². The zero-order valence-electron chi connectivity index (χ0n) is 12.6. The summed E-state index contributed by atoms with van der Waals surface area (Å²) in [5, 5.41) is 0. The van der Waals surface area contributed by atoms with Crippen LogP contribution in [0.5, 0.6) is 0 Å². The molecule has 0 aromatic carbocycles. The highest BCUT2D eigenvalue weighted by Crippen LogP contribution is 2.23. The van der Waals surface area contributed by atoms with E-state index in [9.17, 15) is 4.79 Å². The van der Waals surface area contributed by atoms with Crippen LogP contribution < -0.4 is 5.73 Å². The number of carbonyl (C=O) groups excluding carboxylic acids is 1. The molecule has 2 N–H and O–H groups in total. The predicted octanol–water partition coefficient (Wildman–Crippen LogP) is 2.14. The second-order valence-corrected chi connectivity index (χ2v) is 6.24. The summed E-state index contributed by atoms with van der Waals surface area (Å²) in [4.78, 5) is 14.1. The van der Waals surface area contributed by atoms with Crippen LogP contribution in [0.2, 0.25) is 0 Å². The Balaban J connectivity index is 2.62. The zero-order valence-corrected chi connectivity index (χ0v) is 12.6. The molecule has 0 spiro atoms. The molecule has 0 unspecified atom stereocenters. The molecule has 19 heavy (non-hydrogen) atoms. The molecule has 1 saturated carbocycles. The Hall–Kier alpha value is -0.810. The second-order valence-electron chi connectivity index (χ2n) is 6.24. The Morgan fingerprint density at radius 3 is 2.32 bits per heavy atom. The maximum Gasteiger partial charge on any atom is 0.410 e. The first-order valence-electron chi connectivity index (χ1n) is 7.07. The number of hydrogen-bond acceptors (Lipinski definition) is 4. The molecule has 0 aromatic heterocycles. The predicted molar refractivity (Wildman–Crippen MR) is 75.0 cm³/mol. The third kappa shape index (κ3) is 5.78. The highest BCUT2D eigenvalue weighted by molar-refractivity contribution is 5.68. The van der Waals surface area contributed by atoms with Crippen molar-refractivity contribution in [1.29, 1.82) is 0 Å². The van der Waals surface area contributed by atoms with E-state index in [4.69, 9.17) is 15.2 Å². The van der Waals surface area contributed by atoms with Gasteiger partial charge in [0.1, 0.15) is 5.60 Å². The van der Waals surface area contributed by atoms with Crippen molar-refractivity contribution < 1.29 is 14.3 Å². The minimum Gasteiger partial charge on any atom is -0.444 e. The lowest BCUT2D eigenvalue weighted by Crippen LogP contribution is -2.47. The summed E-state index contributed by atoms with van der Waals surface area (Å²) in [6.45, 7) is 6.76. The van der Waals surface area contributed by atoms with Crippen LogP contribution in [0.25, 0.3) is 0 Å². The first kappa shape index (κ1) is 16.2. The average Bonchev–Trinajstić information content (AvgIpc) is 2.29. The first-order valence-corrected chi connectivity index (χ1v) is 7.07. The number of rotatable bonds is 4. The van der Waals surface area contributed by atoms with Gasteiger partial charge in [-0.1, -0.05) is 0 Å². The lowest BCUT2D eigenvalue weighted by molar-refractivity contribution is 0.00563. The standard InChI is InChI=1S/C14H28N2O3/c1-14(2,3)19-13(17)16(9-10-18-4)12-7-5-11(15)6-8-12/h11-12H,5-10,15H2,1-4H3. The van der Waals surface area contributed by atoms with Gasteiger partial charge in [-0.25, -0.2) is 4.79 Å². The quantitative estimate of drug-likeness (QED) is 0.851. The molecule has 0 heterocycles. The van der Waals surface area contributed by atoms with E-state index in [1.807, 2.05) is 20.8 Å². The van der Waals surface area contributed by atoms with Crippen molar-refractivity contribution in [3.8, 4) is 0 Å². The summed E-state index contributed by atoms with van der Waals surface area (Å²) < 4.78 is 10.6. The maximum atomic E-state index is 12.3. The molecular formula is C14H28N2O3. The number of hydrogen-bond donors (Lipinski definition) is 1. The molecule has 1 aliphatic rings. The van der Waals surface area contributed by atoms with Gasteiger partial charge in [0.25, 0.3) is 0 Å². The molecule has 0 aliphatic heterocycles. The Kier molecular flexibility index (Phi) is 6.07. The molecule has 0 saturated heterocycles. The number of carbonyl (C=O) groups is 1. The van der Waals surface area contributed by atoms with Crippen molar-refractivity contribution in [3.05, 3.63) is 0 Å². The van der Waals surface area contributed by atoms with Crippen molar-refractivity contribution in [2.24, 2.45) is 5.73 Å². The minimum absolute atomic E-state index is 0.227. The molecule has 0 radical (unpaired) electrons. The van der Waals surface area contributed by atoms with Gasteiger partial charge in [-0.15, -0.1) is 0 Å². The third-order valence-corrected chi connectivity index (χ3v) is 3.35. The van der Waals surface area contributed by atoms with Gasteiger partial charge in [0.05, 0.1) is 6.61 Å². The number of amides is 1. The molecule has 0 aromatic rings. The smallest absolute Gasteiger partial charge is 0.410 e. The van der Waals surface area contributed by atoms with Crippen LogP contribution in [0, 0.1) is 0 Å². The first-order chi connectivity index (χ1) is 8.83. The van der Waals surface area contributed by atoms with Crippen LogP contribution >= 0.6 is 0 Å². The molecule has 5 nitrogen and oxygen atoms in total. The molecule has 1 amide bonds. The van der Waals surface area contributed by atoms with Crippen LogP contribution in [0.15, 0.2) is 0 Å². The monoisotopic (exact) mass is 272 g/mol. The van der Waals surface area contributed by atoms with E-state index in [2.05, 4.69) is 0 Å². The van der Waals surface area contributed by atoms with Crippen LogP contribution in [0.3, 0.4) is 0 Å². The Bertz CT molecular complexity index is 281. The van der Waals surface area contributed by atoms with Crippen LogP contribution in [-0.2, 0) is 9.47 Å². The van der Waals surface area contributed by atoms with Crippen molar-refractivity contribution in [1.82, 2.24) is 4.90 Å². The zero-order chi connectivity index (χ0) is 14.5. The summed E-state index contributed by atoms with van der Waals surface area (Å²) in [5.74, 6) is 0. The number of methoxy groups -OCH3 is 1. The fourth-order valence-electron chi connectivity index (χ4n) is 2.35. The van der Waals surface area contributed by atoms with Gasteiger partial charge in [-0.05, 0) is 46.5 Å². The van der Waals surface area contributed by atoms with Gasteiger partial charge >= 0.3 is 6.09 Å². The van der Waals surface area contributed by atoms with Crippen LogP contribution in [0.1, 0.15) is 46.5 Å². The third-order valence-electron chi connectivity index (χ3n) is 3.35. The fraction of sp³-hybridized carbons (Fsp3) is 0.929. The normalized spacial score (nSPS) is 24.1. The van der Waals surface area contributed by atoms with E-state index in [1.165, 1.54) is 0 Å². The highest BCUT2D eigenvalue weighted by Gasteiger charge is 2.30. The van der Waals surface area contributed by atoms with Gasteiger partial charge < -0.3 is 20.1 Å². The molecule has 5 heteroatoms. The Morgan fingerprint density at radius 2 is 1.84 bits per heavy atom. The van der Waals surface area contributed by atoms with E-state index >= 15 is 0 Å². The number of nitrogens with two attached hydrogens (primary N) is 1. The van der Waals surface area contributed by atoms with Gasteiger partial charge in [-0.3, -0.25) is 0 Å². The largest absolute Gasteiger partial charge is 0.444 e. The van der Waals surface area contributed by atoms with Crippen LogP contribution in [-0.4, -0.2) is 48.9 Å². The van der Waals surface area contributed by atoms with Crippen molar-refractivity contribution in [3.63, 3.8) is 0 Å². The molecule has 1 rings (SSSR count). The topological polar surface area (TPSA) is 64.8 Å². The number of ether oxygens (including phenoxy) is 2. The van der Waals surface area contributed by atoms with Gasteiger partial charge in [0.2, 0.25) is 0 Å². The molecular weight excluding hydrogens is 244 g/mol. The van der Waals surface area contributed by atoms with Crippen molar-refractivity contribution in [2.75, 3.05) is 20.3 Å². The minimum atomic E-state index is -0.465. The van der Waals surface area contributed by atoms with Gasteiger partial charge in [0, 0.05) is 25.7 Å². The summed E-state index contributed by atoms with van der Waals surface area (Å²) in [6.07, 6.45) is 3.59. The Labute approximate surface area is 116 Å². The summed E-state index contributed by atoms with van der Waals surface area (Å²) >= 11 is 0. The molecule has 0 atom stereocenters.